The van der Waals surface area contributed by atoms with Gasteiger partial charge in [0.15, 0.2) is 0 Å². The van der Waals surface area contributed by atoms with Gasteiger partial charge in [-0.05, 0) is 47.5 Å². The number of halogens is 2. The van der Waals surface area contributed by atoms with Gasteiger partial charge in [-0.25, -0.2) is 10.4 Å². The van der Waals surface area contributed by atoms with Crippen molar-refractivity contribution in [2.24, 2.45) is 5.10 Å². The van der Waals surface area contributed by atoms with E-state index in [1.807, 2.05) is 43.3 Å². The number of nitrogens with zero attached hydrogens (tertiary/aromatic N) is 3. The van der Waals surface area contributed by atoms with E-state index in [1.165, 1.54) is 6.21 Å². The van der Waals surface area contributed by atoms with Gasteiger partial charge in [0.05, 0.1) is 12.4 Å². The normalized spacial score (nSPS) is 11.1. The predicted molar refractivity (Wildman–Crippen MR) is 117 cm³/mol. The molecule has 0 aliphatic carbocycles. The maximum absolute atomic E-state index is 14.1. The number of amides is 1. The third-order valence-corrected chi connectivity index (χ3v) is 4.64. The molecule has 0 bridgehead atoms. The number of fused-ring (bicyclic) bond motifs is 1. The largest absolute Gasteiger partial charge is 0.436 e. The molecule has 3 aromatic carbocycles. The van der Waals surface area contributed by atoms with Crippen LogP contribution in [-0.4, -0.2) is 22.1 Å². The van der Waals surface area contributed by atoms with E-state index in [0.717, 1.165) is 22.5 Å². The van der Waals surface area contributed by atoms with Crippen LogP contribution >= 0.6 is 11.6 Å². The number of benzene rings is 3. The molecule has 0 saturated carbocycles. The van der Waals surface area contributed by atoms with Gasteiger partial charge in [-0.2, -0.15) is 14.5 Å². The van der Waals surface area contributed by atoms with Crippen LogP contribution in [0.25, 0.3) is 10.8 Å². The summed E-state index contributed by atoms with van der Waals surface area (Å²) in [6, 6.07) is 18.2. The predicted octanol–water partition coefficient (Wildman–Crippen LogP) is 5.29. The summed E-state index contributed by atoms with van der Waals surface area (Å²) in [6.07, 6.45) is 2.38. The number of hydrogen-bond acceptors (Lipinski definition) is 5. The van der Waals surface area contributed by atoms with Gasteiger partial charge in [0.2, 0.25) is 11.1 Å². The third kappa shape index (κ3) is 4.67. The van der Waals surface area contributed by atoms with E-state index in [1.54, 1.807) is 24.3 Å². The SMILES string of the molecule is Cc1cccc(C(=O)N/N=C\c2c(Oc3nc(Cl)ncc3F)ccc3ccccc23)c1. The second-order valence-corrected chi connectivity index (χ2v) is 7.00. The number of hydrazone groups is 1. The number of ether oxygens (including phenoxy) is 1. The fourth-order valence-corrected chi connectivity index (χ4v) is 3.14. The van der Waals surface area contributed by atoms with Crippen LogP contribution in [0.4, 0.5) is 4.39 Å². The van der Waals surface area contributed by atoms with Gasteiger partial charge in [0, 0.05) is 11.1 Å². The lowest BCUT2D eigenvalue weighted by Gasteiger charge is -2.11. The number of aryl methyl sites for hydroxylation is 1. The molecule has 0 aliphatic rings. The van der Waals surface area contributed by atoms with Crippen LogP contribution < -0.4 is 10.2 Å². The van der Waals surface area contributed by atoms with Crippen LogP contribution in [0, 0.1) is 12.7 Å². The second kappa shape index (κ2) is 8.89. The molecule has 0 saturated heterocycles. The highest BCUT2D eigenvalue weighted by Crippen LogP contribution is 2.31. The van der Waals surface area contributed by atoms with Gasteiger partial charge in [0.25, 0.3) is 11.8 Å². The molecule has 4 rings (SSSR count). The lowest BCUT2D eigenvalue weighted by Crippen LogP contribution is -2.17. The molecule has 1 N–H and O–H groups in total. The molecule has 0 unspecified atom stereocenters. The Kier molecular flexibility index (Phi) is 5.86. The Balaban J connectivity index is 1.68. The molecule has 31 heavy (non-hydrogen) atoms. The molecule has 4 aromatic rings. The number of carbonyl (C=O) groups excluding carboxylic acids is 1. The van der Waals surface area contributed by atoms with E-state index in [9.17, 15) is 9.18 Å². The van der Waals surface area contributed by atoms with Gasteiger partial charge >= 0.3 is 0 Å². The summed E-state index contributed by atoms with van der Waals surface area (Å²) in [6.45, 7) is 1.90. The van der Waals surface area contributed by atoms with Crippen LogP contribution in [0.3, 0.4) is 0 Å². The molecule has 0 atom stereocenters. The monoisotopic (exact) mass is 434 g/mol. The molecule has 154 valence electrons. The van der Waals surface area contributed by atoms with Gasteiger partial charge in [-0.1, -0.05) is 48.0 Å². The van der Waals surface area contributed by atoms with Gasteiger partial charge in [-0.15, -0.1) is 0 Å². The maximum atomic E-state index is 14.1. The zero-order valence-electron chi connectivity index (χ0n) is 16.3. The summed E-state index contributed by atoms with van der Waals surface area (Å²) in [5.41, 5.74) is 4.50. The molecule has 0 aliphatic heterocycles. The smallest absolute Gasteiger partial charge is 0.271 e. The summed E-state index contributed by atoms with van der Waals surface area (Å²) in [4.78, 5) is 19.7. The van der Waals surface area contributed by atoms with Crippen molar-refractivity contribution >= 4 is 34.5 Å². The molecule has 0 fully saturated rings. The van der Waals surface area contributed by atoms with Crippen LogP contribution in [0.5, 0.6) is 11.6 Å². The molecule has 1 aromatic heterocycles. The molecule has 6 nitrogen and oxygen atoms in total. The first-order valence-electron chi connectivity index (χ1n) is 9.29. The highest BCUT2D eigenvalue weighted by Gasteiger charge is 2.13. The van der Waals surface area contributed by atoms with E-state index in [4.69, 9.17) is 16.3 Å². The minimum atomic E-state index is -0.756. The zero-order valence-corrected chi connectivity index (χ0v) is 17.1. The number of aromatic nitrogens is 2. The van der Waals surface area contributed by atoms with E-state index in [-0.39, 0.29) is 17.1 Å². The zero-order chi connectivity index (χ0) is 21.8. The van der Waals surface area contributed by atoms with Gasteiger partial charge in [-0.3, -0.25) is 4.79 Å². The van der Waals surface area contributed by atoms with Crippen molar-refractivity contribution < 1.29 is 13.9 Å². The minimum absolute atomic E-state index is 0.141. The minimum Gasteiger partial charge on any atom is -0.436 e. The fourth-order valence-electron chi connectivity index (χ4n) is 3.01. The first kappa shape index (κ1) is 20.4. The standard InChI is InChI=1S/C23H16ClFN4O2/c1-14-5-4-7-16(11-14)21(30)29-27-12-18-17-8-3-2-6-15(17)9-10-20(18)31-22-19(25)13-26-23(24)28-22/h2-13H,1H3,(H,29,30)/b27-12-. The van der Waals surface area contributed by atoms with Gasteiger partial charge in [0.1, 0.15) is 5.75 Å². The number of hydrogen-bond donors (Lipinski definition) is 1. The topological polar surface area (TPSA) is 76.5 Å². The van der Waals surface area contributed by atoms with Crippen molar-refractivity contribution in [2.45, 2.75) is 6.92 Å². The Labute approximate surface area is 182 Å². The maximum Gasteiger partial charge on any atom is 0.271 e. The summed E-state index contributed by atoms with van der Waals surface area (Å²) in [5, 5.41) is 5.66. The van der Waals surface area contributed by atoms with Crippen molar-refractivity contribution in [3.63, 3.8) is 0 Å². The van der Waals surface area contributed by atoms with Crippen molar-refractivity contribution in [3.8, 4) is 11.6 Å². The third-order valence-electron chi connectivity index (χ3n) is 4.46. The summed E-state index contributed by atoms with van der Waals surface area (Å²) in [5.74, 6) is -1.13. The number of rotatable bonds is 5. The number of carbonyl (C=O) groups is 1. The highest BCUT2D eigenvalue weighted by molar-refractivity contribution is 6.28. The fraction of sp³-hybridized carbons (Fsp3) is 0.0435. The first-order valence-corrected chi connectivity index (χ1v) is 9.67. The summed E-state index contributed by atoms with van der Waals surface area (Å²) >= 11 is 5.76. The Bertz CT molecular complexity index is 1310. The first-order chi connectivity index (χ1) is 15.0. The molecule has 1 amide bonds. The Hall–Kier alpha value is -3.84. The van der Waals surface area contributed by atoms with Gasteiger partial charge < -0.3 is 4.74 Å². The highest BCUT2D eigenvalue weighted by atomic mass is 35.5. The van der Waals surface area contributed by atoms with Crippen molar-refractivity contribution in [1.82, 2.24) is 15.4 Å². The van der Waals surface area contributed by atoms with E-state index in [0.29, 0.717) is 16.9 Å². The van der Waals surface area contributed by atoms with Crippen LogP contribution in [-0.2, 0) is 0 Å². The van der Waals surface area contributed by atoms with E-state index < -0.39 is 5.82 Å². The van der Waals surface area contributed by atoms with Crippen molar-refractivity contribution in [3.05, 3.63) is 94.7 Å². The van der Waals surface area contributed by atoms with Crippen molar-refractivity contribution in [2.75, 3.05) is 0 Å². The quantitative estimate of drug-likeness (QED) is 0.263. The van der Waals surface area contributed by atoms with Crippen LogP contribution in [0.1, 0.15) is 21.5 Å². The summed E-state index contributed by atoms with van der Waals surface area (Å²) < 4.78 is 19.8. The Morgan fingerprint density at radius 2 is 2.00 bits per heavy atom. The van der Waals surface area contributed by atoms with Crippen LogP contribution in [0.2, 0.25) is 5.28 Å². The lowest BCUT2D eigenvalue weighted by atomic mass is 10.0. The average molecular weight is 435 g/mol. The summed E-state index contributed by atoms with van der Waals surface area (Å²) in [7, 11) is 0. The Morgan fingerprint density at radius 3 is 2.84 bits per heavy atom. The van der Waals surface area contributed by atoms with Crippen molar-refractivity contribution in [1.29, 1.82) is 0 Å². The molecule has 0 spiro atoms. The van der Waals surface area contributed by atoms with Crippen LogP contribution in [0.15, 0.2) is 72.0 Å². The second-order valence-electron chi connectivity index (χ2n) is 6.66. The van der Waals surface area contributed by atoms with E-state index in [2.05, 4.69) is 20.5 Å². The molecular weight excluding hydrogens is 419 g/mol. The molecule has 1 heterocycles. The average Bonchev–Trinajstić information content (AvgIpc) is 2.77. The Morgan fingerprint density at radius 1 is 1.16 bits per heavy atom. The molecular formula is C23H16ClFN4O2. The molecule has 0 radical (unpaired) electrons. The number of nitrogens with one attached hydrogen (secondary N) is 1. The lowest BCUT2D eigenvalue weighted by molar-refractivity contribution is 0.0955. The van der Waals surface area contributed by atoms with E-state index >= 15 is 0 Å². The molecule has 8 heteroatoms.